The molecule has 9 rings (SSSR count). The summed E-state index contributed by atoms with van der Waals surface area (Å²) >= 11 is 1.89. The largest absolute Gasteiger partial charge is 0.277 e. The first-order valence-corrected chi connectivity index (χ1v) is 15.1. The Labute approximate surface area is 245 Å². The number of aromatic nitrogens is 5. The molecule has 0 saturated heterocycles. The van der Waals surface area contributed by atoms with Crippen molar-refractivity contribution in [3.63, 3.8) is 0 Å². The minimum absolute atomic E-state index is 0.713. The Hall–Kier alpha value is -5.07. The molecule has 0 bridgehead atoms. The lowest BCUT2D eigenvalue weighted by Crippen LogP contribution is -2.04. The van der Waals surface area contributed by atoms with Crippen LogP contribution in [0.25, 0.3) is 72.2 Å². The Balaban J connectivity index is 1.43. The Morgan fingerprint density at radius 3 is 2.45 bits per heavy atom. The lowest BCUT2D eigenvalue weighted by molar-refractivity contribution is 1.05. The molecule has 0 N–H and O–H groups in total. The first-order valence-electron chi connectivity index (χ1n) is 14.1. The van der Waals surface area contributed by atoms with Gasteiger partial charge in [-0.25, -0.2) is 19.9 Å². The number of hydrogen-bond donors (Lipinski definition) is 0. The number of pyridine rings is 2. The van der Waals surface area contributed by atoms with Crippen LogP contribution in [0.15, 0.2) is 120 Å². The first kappa shape index (κ1) is 23.6. The second-order valence-electron chi connectivity index (χ2n) is 10.6. The zero-order valence-corrected chi connectivity index (χ0v) is 23.3. The molecule has 198 valence electrons. The van der Waals surface area contributed by atoms with Crippen LogP contribution in [0.4, 0.5) is 0 Å². The highest BCUT2D eigenvalue weighted by Crippen LogP contribution is 2.41. The van der Waals surface area contributed by atoms with Crippen LogP contribution < -0.4 is 0 Å². The second kappa shape index (κ2) is 9.23. The van der Waals surface area contributed by atoms with E-state index in [2.05, 4.69) is 89.5 Å². The lowest BCUT2D eigenvalue weighted by atomic mass is 10.1. The van der Waals surface area contributed by atoms with Gasteiger partial charge in [-0.3, -0.25) is 4.57 Å². The predicted molar refractivity (Wildman–Crippen MR) is 172 cm³/mol. The van der Waals surface area contributed by atoms with Gasteiger partial charge in [0, 0.05) is 49.5 Å². The highest BCUT2D eigenvalue weighted by atomic mass is 32.2. The maximum atomic E-state index is 5.35. The molecule has 0 saturated carbocycles. The van der Waals surface area contributed by atoms with Gasteiger partial charge in [0.2, 0.25) is 0 Å². The van der Waals surface area contributed by atoms with E-state index in [9.17, 15) is 0 Å². The maximum absolute atomic E-state index is 5.35. The average Bonchev–Trinajstić information content (AvgIpc) is 3.67. The second-order valence-corrected chi connectivity index (χ2v) is 11.7. The van der Waals surface area contributed by atoms with E-state index < -0.39 is 0 Å². The normalized spacial score (nSPS) is 13.0. The smallest absolute Gasteiger partial charge is 0.163 e. The predicted octanol–water partition coefficient (Wildman–Crippen LogP) is 8.65. The van der Waals surface area contributed by atoms with Crippen molar-refractivity contribution in [3.05, 3.63) is 121 Å². The van der Waals surface area contributed by atoms with Crippen LogP contribution in [-0.2, 0) is 6.42 Å². The fourth-order valence-corrected chi connectivity index (χ4v) is 7.42. The van der Waals surface area contributed by atoms with Gasteiger partial charge in [0.05, 0.1) is 16.7 Å². The number of para-hydroxylation sites is 1. The molecule has 0 amide bonds. The van der Waals surface area contributed by atoms with E-state index in [1.165, 1.54) is 10.5 Å². The summed E-state index contributed by atoms with van der Waals surface area (Å²) in [7, 11) is 0. The maximum Gasteiger partial charge on any atom is 0.163 e. The van der Waals surface area contributed by atoms with Gasteiger partial charge in [-0.2, -0.15) is 0 Å². The third-order valence-electron chi connectivity index (χ3n) is 8.18. The van der Waals surface area contributed by atoms with Gasteiger partial charge in [0.15, 0.2) is 11.6 Å². The minimum Gasteiger partial charge on any atom is -0.277 e. The van der Waals surface area contributed by atoms with Crippen molar-refractivity contribution >= 4 is 55.5 Å². The monoisotopic (exact) mass is 557 g/mol. The van der Waals surface area contributed by atoms with E-state index in [0.717, 1.165) is 78.6 Å². The van der Waals surface area contributed by atoms with Gasteiger partial charge in [-0.05, 0) is 42.3 Å². The molecule has 4 aromatic heterocycles. The first-order chi connectivity index (χ1) is 20.8. The summed E-state index contributed by atoms with van der Waals surface area (Å²) in [5.74, 6) is 2.61. The van der Waals surface area contributed by atoms with E-state index >= 15 is 0 Å². The van der Waals surface area contributed by atoms with Crippen LogP contribution in [0.3, 0.4) is 0 Å². The summed E-state index contributed by atoms with van der Waals surface area (Å²) in [6, 6.07) is 37.9. The summed E-state index contributed by atoms with van der Waals surface area (Å²) in [4.78, 5) is 22.0. The summed E-state index contributed by atoms with van der Waals surface area (Å²) in [6.45, 7) is 0. The lowest BCUT2D eigenvalue weighted by Gasteiger charge is -2.15. The van der Waals surface area contributed by atoms with Crippen LogP contribution in [0.1, 0.15) is 5.56 Å². The molecule has 6 heteroatoms. The van der Waals surface area contributed by atoms with Gasteiger partial charge in [0.1, 0.15) is 11.2 Å². The number of rotatable bonds is 3. The Kier molecular flexibility index (Phi) is 5.19. The molecule has 0 spiro atoms. The summed E-state index contributed by atoms with van der Waals surface area (Å²) in [5.41, 5.74) is 8.09. The van der Waals surface area contributed by atoms with Crippen molar-refractivity contribution in [1.82, 2.24) is 24.5 Å². The summed E-state index contributed by atoms with van der Waals surface area (Å²) in [5, 5.41) is 4.24. The molecule has 0 radical (unpaired) electrons. The summed E-state index contributed by atoms with van der Waals surface area (Å²) < 4.78 is 2.20. The van der Waals surface area contributed by atoms with Crippen LogP contribution >= 0.6 is 11.8 Å². The molecule has 0 unspecified atom stereocenters. The highest BCUT2D eigenvalue weighted by molar-refractivity contribution is 7.99. The van der Waals surface area contributed by atoms with Crippen molar-refractivity contribution in [1.29, 1.82) is 0 Å². The number of nitrogens with zero attached hydrogens (tertiary/aromatic N) is 5. The fraction of sp³-hybridized carbons (Fsp3) is 0.0556. The van der Waals surface area contributed by atoms with Crippen molar-refractivity contribution in [3.8, 4) is 28.5 Å². The van der Waals surface area contributed by atoms with E-state index in [1.807, 2.05) is 42.2 Å². The summed E-state index contributed by atoms with van der Waals surface area (Å²) in [6.07, 6.45) is 2.92. The Morgan fingerprint density at radius 1 is 0.643 bits per heavy atom. The number of hydrogen-bond acceptors (Lipinski definition) is 5. The van der Waals surface area contributed by atoms with Crippen molar-refractivity contribution in [2.45, 2.75) is 11.3 Å². The van der Waals surface area contributed by atoms with Gasteiger partial charge in [-0.15, -0.1) is 11.8 Å². The fourth-order valence-electron chi connectivity index (χ4n) is 6.22. The number of benzene rings is 4. The standard InChI is InChI=1S/C36H23N5S/c1-2-8-22(9-3-1)29-18-16-23-15-17-27-32(31(23)38-29)39-34(28-12-6-10-24-19-21-42-33(24)28)40-36(27)41-30-14-5-4-11-25(30)26-13-7-20-37-35(26)41/h1-18,20H,19,21H2. The molecule has 4 aromatic carbocycles. The zero-order chi connectivity index (χ0) is 27.6. The molecule has 42 heavy (non-hydrogen) atoms. The molecular weight excluding hydrogens is 534 g/mol. The Morgan fingerprint density at radius 2 is 1.50 bits per heavy atom. The molecule has 1 aliphatic heterocycles. The Bertz CT molecular complexity index is 2290. The van der Waals surface area contributed by atoms with Crippen molar-refractivity contribution in [2.75, 3.05) is 5.75 Å². The number of aryl methyl sites for hydroxylation is 1. The van der Waals surface area contributed by atoms with E-state index in [0.29, 0.717) is 5.82 Å². The molecule has 0 fully saturated rings. The third-order valence-corrected chi connectivity index (χ3v) is 9.36. The van der Waals surface area contributed by atoms with Crippen LogP contribution in [-0.4, -0.2) is 30.3 Å². The molecule has 0 aliphatic carbocycles. The van der Waals surface area contributed by atoms with Crippen LogP contribution in [0.2, 0.25) is 0 Å². The van der Waals surface area contributed by atoms with E-state index in [4.69, 9.17) is 19.9 Å². The van der Waals surface area contributed by atoms with Crippen molar-refractivity contribution < 1.29 is 0 Å². The quantitative estimate of drug-likeness (QED) is 0.204. The zero-order valence-electron chi connectivity index (χ0n) is 22.5. The molecule has 5 heterocycles. The molecule has 0 atom stereocenters. The topological polar surface area (TPSA) is 56.5 Å². The van der Waals surface area contributed by atoms with Gasteiger partial charge in [-0.1, -0.05) is 78.9 Å². The minimum atomic E-state index is 0.713. The third kappa shape index (κ3) is 3.52. The number of fused-ring (bicyclic) bond motifs is 7. The molecule has 1 aliphatic rings. The van der Waals surface area contributed by atoms with Crippen LogP contribution in [0.5, 0.6) is 0 Å². The molecule has 5 nitrogen and oxygen atoms in total. The highest BCUT2D eigenvalue weighted by Gasteiger charge is 2.23. The van der Waals surface area contributed by atoms with Gasteiger partial charge < -0.3 is 0 Å². The van der Waals surface area contributed by atoms with E-state index in [1.54, 1.807) is 0 Å². The van der Waals surface area contributed by atoms with Crippen molar-refractivity contribution in [2.24, 2.45) is 0 Å². The number of thioether (sulfide) groups is 1. The SMILES string of the molecule is c1ccc(-c2ccc3ccc4c(-n5c6ccccc6c6cccnc65)nc(-c5cccc6c5SCC6)nc4c3n2)cc1. The molecule has 8 aromatic rings. The van der Waals surface area contributed by atoms with Gasteiger partial charge in [0.25, 0.3) is 0 Å². The van der Waals surface area contributed by atoms with Gasteiger partial charge >= 0.3 is 0 Å². The van der Waals surface area contributed by atoms with Crippen LogP contribution in [0, 0.1) is 0 Å². The van der Waals surface area contributed by atoms with E-state index in [-0.39, 0.29) is 0 Å². The molecular formula is C36H23N5S. The average molecular weight is 558 g/mol.